The van der Waals surface area contributed by atoms with Gasteiger partial charge in [-0.3, -0.25) is 4.79 Å². The summed E-state index contributed by atoms with van der Waals surface area (Å²) >= 11 is 0. The molecular formula is C19H21FN2O5S. The number of halogens is 1. The molecule has 7 nitrogen and oxygen atoms in total. The Morgan fingerprint density at radius 2 is 1.71 bits per heavy atom. The van der Waals surface area contributed by atoms with Crippen LogP contribution in [0.25, 0.3) is 0 Å². The molecule has 1 atom stereocenters. The number of carbonyl (C=O) groups excluding carboxylic acids is 2. The van der Waals surface area contributed by atoms with Crippen molar-refractivity contribution in [2.75, 3.05) is 19.4 Å². The number of nitrogens with zero attached hydrogens (tertiary/aromatic N) is 1. The topological polar surface area (TPSA) is 92.8 Å². The molecule has 2 rings (SSSR count). The molecule has 28 heavy (non-hydrogen) atoms. The molecule has 9 heteroatoms. The Labute approximate surface area is 163 Å². The Kier molecular flexibility index (Phi) is 6.52. The Balaban J connectivity index is 2.15. The number of esters is 1. The van der Waals surface area contributed by atoms with Crippen molar-refractivity contribution in [2.24, 2.45) is 0 Å². The summed E-state index contributed by atoms with van der Waals surface area (Å²) in [6, 6.07) is 9.79. The molecular weight excluding hydrogens is 387 g/mol. The van der Waals surface area contributed by atoms with Crippen LogP contribution >= 0.6 is 0 Å². The van der Waals surface area contributed by atoms with E-state index in [9.17, 15) is 22.4 Å². The van der Waals surface area contributed by atoms with Crippen molar-refractivity contribution in [2.45, 2.75) is 24.8 Å². The minimum absolute atomic E-state index is 0.261. The number of carbonyl (C=O) groups is 2. The highest BCUT2D eigenvalue weighted by Crippen LogP contribution is 2.19. The number of amides is 1. The highest BCUT2D eigenvalue weighted by molar-refractivity contribution is 7.89. The van der Waals surface area contributed by atoms with E-state index in [-0.39, 0.29) is 4.90 Å². The van der Waals surface area contributed by atoms with Crippen molar-refractivity contribution in [3.8, 4) is 0 Å². The van der Waals surface area contributed by atoms with Gasteiger partial charge in [0.15, 0.2) is 6.10 Å². The second-order valence-corrected chi connectivity index (χ2v) is 8.48. The number of hydrogen-bond acceptors (Lipinski definition) is 5. The molecule has 0 aliphatic heterocycles. The number of hydrogen-bond donors (Lipinski definition) is 1. The molecule has 0 radical (unpaired) electrons. The quantitative estimate of drug-likeness (QED) is 0.742. The molecule has 0 bridgehead atoms. The van der Waals surface area contributed by atoms with Crippen LogP contribution in [0.1, 0.15) is 22.8 Å². The molecule has 1 N–H and O–H groups in total. The maximum Gasteiger partial charge on any atom is 0.341 e. The largest absolute Gasteiger partial charge is 0.449 e. The van der Waals surface area contributed by atoms with E-state index < -0.39 is 39.4 Å². The van der Waals surface area contributed by atoms with Crippen LogP contribution in [-0.2, 0) is 19.6 Å². The average molecular weight is 408 g/mol. The van der Waals surface area contributed by atoms with E-state index in [0.717, 1.165) is 28.1 Å². The van der Waals surface area contributed by atoms with Gasteiger partial charge in [-0.15, -0.1) is 0 Å². The second kappa shape index (κ2) is 8.49. The zero-order chi connectivity index (χ0) is 21.1. The molecule has 2 aromatic carbocycles. The maximum atomic E-state index is 14.0. The van der Waals surface area contributed by atoms with E-state index in [4.69, 9.17) is 4.74 Å². The van der Waals surface area contributed by atoms with Gasteiger partial charge < -0.3 is 10.1 Å². The number of nitrogens with one attached hydrogen (secondary N) is 1. The zero-order valence-electron chi connectivity index (χ0n) is 15.9. The lowest BCUT2D eigenvalue weighted by molar-refractivity contribution is -0.123. The van der Waals surface area contributed by atoms with Crippen LogP contribution in [-0.4, -0.2) is 44.8 Å². The summed E-state index contributed by atoms with van der Waals surface area (Å²) in [6.07, 6.45) is -1.22. The third-order valence-electron chi connectivity index (χ3n) is 3.91. The lowest BCUT2D eigenvalue weighted by atomic mass is 10.2. The highest BCUT2D eigenvalue weighted by Gasteiger charge is 2.25. The maximum absolute atomic E-state index is 14.0. The summed E-state index contributed by atoms with van der Waals surface area (Å²) in [6.45, 7) is 3.23. The van der Waals surface area contributed by atoms with Gasteiger partial charge in [0, 0.05) is 19.8 Å². The van der Waals surface area contributed by atoms with Crippen LogP contribution in [0.2, 0.25) is 0 Å². The minimum atomic E-state index is -3.86. The monoisotopic (exact) mass is 408 g/mol. The van der Waals surface area contributed by atoms with Crippen molar-refractivity contribution in [3.05, 3.63) is 59.4 Å². The molecule has 150 valence electrons. The highest BCUT2D eigenvalue weighted by atomic mass is 32.2. The molecule has 0 fully saturated rings. The smallest absolute Gasteiger partial charge is 0.341 e. The van der Waals surface area contributed by atoms with E-state index in [1.807, 2.05) is 6.92 Å². The van der Waals surface area contributed by atoms with E-state index in [2.05, 4.69) is 5.32 Å². The number of benzene rings is 2. The van der Waals surface area contributed by atoms with Crippen molar-refractivity contribution in [3.63, 3.8) is 0 Å². The molecule has 0 saturated heterocycles. The summed E-state index contributed by atoms with van der Waals surface area (Å²) < 4.78 is 44.3. The van der Waals surface area contributed by atoms with Gasteiger partial charge in [0.1, 0.15) is 5.82 Å². The molecule has 0 unspecified atom stereocenters. The van der Waals surface area contributed by atoms with Crippen molar-refractivity contribution in [1.29, 1.82) is 0 Å². The zero-order valence-corrected chi connectivity index (χ0v) is 16.7. The standard InChI is InChI=1S/C19H21FN2O5S/c1-12-5-7-14(8-6-12)21-18(23)13(2)27-19(24)16-11-15(9-10-17(16)20)28(25,26)22(3)4/h5-11,13H,1-4H3,(H,21,23)/t13-/m1/s1. The number of ether oxygens (including phenoxy) is 1. The van der Waals surface area contributed by atoms with Crippen molar-refractivity contribution >= 4 is 27.6 Å². The summed E-state index contributed by atoms with van der Waals surface area (Å²) in [5.74, 6) is -2.69. The van der Waals surface area contributed by atoms with Crippen LogP contribution in [0.3, 0.4) is 0 Å². The number of aryl methyl sites for hydroxylation is 1. The Bertz CT molecular complexity index is 988. The summed E-state index contributed by atoms with van der Waals surface area (Å²) in [7, 11) is -1.23. The van der Waals surface area contributed by atoms with Crippen molar-refractivity contribution in [1.82, 2.24) is 4.31 Å². The molecule has 0 saturated carbocycles. The molecule has 0 heterocycles. The van der Waals surface area contributed by atoms with Gasteiger partial charge in [0.05, 0.1) is 10.5 Å². The molecule has 0 aliphatic carbocycles. The Hall–Kier alpha value is -2.78. The van der Waals surface area contributed by atoms with Crippen LogP contribution in [0.4, 0.5) is 10.1 Å². The van der Waals surface area contributed by atoms with Crippen LogP contribution in [0.5, 0.6) is 0 Å². The predicted molar refractivity (Wildman–Crippen MR) is 102 cm³/mol. The lowest BCUT2D eigenvalue weighted by Crippen LogP contribution is -2.30. The molecule has 2 aromatic rings. The van der Waals surface area contributed by atoms with E-state index in [0.29, 0.717) is 5.69 Å². The van der Waals surface area contributed by atoms with Crippen LogP contribution < -0.4 is 5.32 Å². The third-order valence-corrected chi connectivity index (χ3v) is 5.72. The first kappa shape index (κ1) is 21.5. The Morgan fingerprint density at radius 1 is 1.11 bits per heavy atom. The number of anilines is 1. The summed E-state index contributed by atoms with van der Waals surface area (Å²) in [5, 5.41) is 2.58. The van der Waals surface area contributed by atoms with Crippen LogP contribution in [0, 0.1) is 12.7 Å². The van der Waals surface area contributed by atoms with Crippen molar-refractivity contribution < 1.29 is 27.1 Å². The molecule has 0 spiro atoms. The first-order chi connectivity index (χ1) is 13.0. The third kappa shape index (κ3) is 4.93. The molecule has 0 aromatic heterocycles. The average Bonchev–Trinajstić information content (AvgIpc) is 2.63. The predicted octanol–water partition coefficient (Wildman–Crippen LogP) is 2.57. The Morgan fingerprint density at radius 3 is 2.29 bits per heavy atom. The van der Waals surface area contributed by atoms with Gasteiger partial charge in [-0.1, -0.05) is 17.7 Å². The molecule has 1 amide bonds. The fourth-order valence-corrected chi connectivity index (χ4v) is 3.12. The second-order valence-electron chi connectivity index (χ2n) is 6.33. The molecule has 0 aliphatic rings. The van der Waals surface area contributed by atoms with Gasteiger partial charge >= 0.3 is 5.97 Å². The van der Waals surface area contributed by atoms with Gasteiger partial charge in [-0.05, 0) is 44.2 Å². The summed E-state index contributed by atoms with van der Waals surface area (Å²) in [5.41, 5.74) is 0.960. The minimum Gasteiger partial charge on any atom is -0.449 e. The lowest BCUT2D eigenvalue weighted by Gasteiger charge is -2.15. The van der Waals surface area contributed by atoms with Gasteiger partial charge in [-0.2, -0.15) is 0 Å². The number of sulfonamides is 1. The first-order valence-corrected chi connectivity index (χ1v) is 9.77. The SMILES string of the molecule is Cc1ccc(NC(=O)[C@@H](C)OC(=O)c2cc(S(=O)(=O)N(C)C)ccc2F)cc1. The fourth-order valence-electron chi connectivity index (χ4n) is 2.19. The van der Waals surface area contributed by atoms with Gasteiger partial charge in [-0.25, -0.2) is 21.9 Å². The number of rotatable bonds is 6. The van der Waals surface area contributed by atoms with Crippen LogP contribution in [0.15, 0.2) is 47.4 Å². The van der Waals surface area contributed by atoms with E-state index in [1.54, 1.807) is 24.3 Å². The van der Waals surface area contributed by atoms with E-state index >= 15 is 0 Å². The van der Waals surface area contributed by atoms with E-state index in [1.165, 1.54) is 21.0 Å². The summed E-state index contributed by atoms with van der Waals surface area (Å²) in [4.78, 5) is 24.2. The fraction of sp³-hybridized carbons (Fsp3) is 0.263. The van der Waals surface area contributed by atoms with Gasteiger partial charge in [0.2, 0.25) is 10.0 Å². The van der Waals surface area contributed by atoms with Gasteiger partial charge in [0.25, 0.3) is 5.91 Å². The first-order valence-electron chi connectivity index (χ1n) is 8.33. The normalized spacial score (nSPS) is 12.5.